The van der Waals surface area contributed by atoms with E-state index >= 15 is 0 Å². The van der Waals surface area contributed by atoms with Crippen molar-refractivity contribution < 1.29 is 9.13 Å². The fraction of sp³-hybridized carbons (Fsp3) is 0. The Morgan fingerprint density at radius 2 is 1.95 bits per heavy atom. The van der Waals surface area contributed by atoms with Crippen LogP contribution in [0, 0.1) is 17.1 Å². The molecule has 0 aliphatic rings. The first kappa shape index (κ1) is 13.5. The summed E-state index contributed by atoms with van der Waals surface area (Å²) < 4.78 is 19.4. The lowest BCUT2D eigenvalue weighted by Gasteiger charge is -2.08. The zero-order valence-electron chi connectivity index (χ0n) is 10.7. The van der Waals surface area contributed by atoms with E-state index in [1.165, 1.54) is 12.1 Å². The van der Waals surface area contributed by atoms with E-state index in [0.29, 0.717) is 15.6 Å². The molecule has 0 spiro atoms. The fourth-order valence-electron chi connectivity index (χ4n) is 1.91. The molecule has 1 aromatic heterocycles. The first-order valence-corrected chi connectivity index (χ1v) is 6.89. The van der Waals surface area contributed by atoms with Gasteiger partial charge < -0.3 is 4.74 Å². The topological polar surface area (TPSA) is 45.9 Å². The lowest BCUT2D eigenvalue weighted by molar-refractivity contribution is 0.458. The van der Waals surface area contributed by atoms with Crippen molar-refractivity contribution >= 4 is 26.8 Å². The van der Waals surface area contributed by atoms with Crippen LogP contribution in [0.2, 0.25) is 0 Å². The molecule has 0 saturated carbocycles. The standard InChI is InChI=1S/C16H8BrFN2O/c17-13-6-5-12(8-14(13)18)21-16-11(9-19)7-10-3-1-2-4-15(10)20-16/h1-8H. The van der Waals surface area contributed by atoms with Crippen molar-refractivity contribution in [2.24, 2.45) is 0 Å². The molecule has 0 fully saturated rings. The number of benzene rings is 2. The van der Waals surface area contributed by atoms with Crippen LogP contribution in [-0.2, 0) is 0 Å². The predicted octanol–water partition coefficient (Wildman–Crippen LogP) is 4.80. The summed E-state index contributed by atoms with van der Waals surface area (Å²) in [5.74, 6) is 0.0136. The Hall–Kier alpha value is -2.45. The van der Waals surface area contributed by atoms with Gasteiger partial charge in [-0.2, -0.15) is 5.26 Å². The summed E-state index contributed by atoms with van der Waals surface area (Å²) in [5, 5.41) is 10.1. The molecule has 0 saturated heterocycles. The second kappa shape index (κ2) is 5.51. The van der Waals surface area contributed by atoms with E-state index in [1.54, 1.807) is 12.1 Å². The summed E-state index contributed by atoms with van der Waals surface area (Å²) in [6.07, 6.45) is 0. The number of rotatable bonds is 2. The smallest absolute Gasteiger partial charge is 0.237 e. The lowest BCUT2D eigenvalue weighted by Crippen LogP contribution is -1.93. The minimum atomic E-state index is -0.438. The molecule has 21 heavy (non-hydrogen) atoms. The number of pyridine rings is 1. The first-order chi connectivity index (χ1) is 10.2. The normalized spacial score (nSPS) is 10.3. The van der Waals surface area contributed by atoms with Crippen molar-refractivity contribution in [1.29, 1.82) is 5.26 Å². The van der Waals surface area contributed by atoms with Crippen LogP contribution in [-0.4, -0.2) is 4.98 Å². The van der Waals surface area contributed by atoms with Crippen LogP contribution >= 0.6 is 15.9 Å². The van der Waals surface area contributed by atoms with E-state index in [0.717, 1.165) is 5.39 Å². The molecule has 0 aliphatic carbocycles. The van der Waals surface area contributed by atoms with Crippen molar-refractivity contribution in [3.63, 3.8) is 0 Å². The van der Waals surface area contributed by atoms with Crippen molar-refractivity contribution in [2.45, 2.75) is 0 Å². The molecule has 5 heteroatoms. The number of hydrogen-bond acceptors (Lipinski definition) is 3. The van der Waals surface area contributed by atoms with Crippen molar-refractivity contribution in [1.82, 2.24) is 4.98 Å². The van der Waals surface area contributed by atoms with Gasteiger partial charge in [-0.3, -0.25) is 0 Å². The Bertz CT molecular complexity index is 874. The monoisotopic (exact) mass is 342 g/mol. The highest BCUT2D eigenvalue weighted by atomic mass is 79.9. The molecule has 0 amide bonds. The largest absolute Gasteiger partial charge is 0.438 e. The van der Waals surface area contributed by atoms with Crippen LogP contribution in [0.25, 0.3) is 10.9 Å². The third kappa shape index (κ3) is 2.71. The summed E-state index contributed by atoms with van der Waals surface area (Å²) in [6, 6.07) is 15.5. The Morgan fingerprint density at radius 1 is 1.14 bits per heavy atom. The minimum absolute atomic E-state index is 0.165. The van der Waals surface area contributed by atoms with Crippen LogP contribution in [0.15, 0.2) is 53.0 Å². The third-order valence-corrected chi connectivity index (χ3v) is 3.56. The van der Waals surface area contributed by atoms with E-state index in [-0.39, 0.29) is 11.6 Å². The van der Waals surface area contributed by atoms with Crippen molar-refractivity contribution in [3.8, 4) is 17.7 Å². The van der Waals surface area contributed by atoms with E-state index in [1.807, 2.05) is 30.3 Å². The van der Waals surface area contributed by atoms with Gasteiger partial charge in [0, 0.05) is 11.5 Å². The SMILES string of the molecule is N#Cc1cc2ccccc2nc1Oc1ccc(Br)c(F)c1. The van der Waals surface area contributed by atoms with Gasteiger partial charge in [-0.1, -0.05) is 18.2 Å². The van der Waals surface area contributed by atoms with Gasteiger partial charge >= 0.3 is 0 Å². The van der Waals surface area contributed by atoms with Gasteiger partial charge in [-0.25, -0.2) is 9.37 Å². The van der Waals surface area contributed by atoms with Crippen LogP contribution in [0.1, 0.15) is 5.56 Å². The number of ether oxygens (including phenoxy) is 1. The van der Waals surface area contributed by atoms with Gasteiger partial charge in [0.15, 0.2) is 0 Å². The molecule has 0 atom stereocenters. The number of para-hydroxylation sites is 1. The van der Waals surface area contributed by atoms with E-state index in [9.17, 15) is 9.65 Å². The second-order valence-electron chi connectivity index (χ2n) is 4.32. The van der Waals surface area contributed by atoms with Gasteiger partial charge in [0.25, 0.3) is 0 Å². The molecule has 2 aromatic carbocycles. The van der Waals surface area contributed by atoms with Crippen LogP contribution < -0.4 is 4.74 Å². The second-order valence-corrected chi connectivity index (χ2v) is 5.18. The van der Waals surface area contributed by atoms with E-state index in [4.69, 9.17) is 4.74 Å². The minimum Gasteiger partial charge on any atom is -0.438 e. The van der Waals surface area contributed by atoms with Gasteiger partial charge in [0.05, 0.1) is 9.99 Å². The number of hydrogen-bond donors (Lipinski definition) is 0. The molecule has 1 heterocycles. The number of halogens is 2. The summed E-state index contributed by atoms with van der Waals surface area (Å²) >= 11 is 3.08. The lowest BCUT2D eigenvalue weighted by atomic mass is 10.1. The molecule has 0 unspecified atom stereocenters. The van der Waals surface area contributed by atoms with Crippen molar-refractivity contribution in [2.75, 3.05) is 0 Å². The number of nitrogens with zero attached hydrogens (tertiary/aromatic N) is 2. The Labute approximate surface area is 128 Å². The fourth-order valence-corrected chi connectivity index (χ4v) is 2.15. The molecular weight excluding hydrogens is 335 g/mol. The maximum atomic E-state index is 13.5. The predicted molar refractivity (Wildman–Crippen MR) is 80.6 cm³/mol. The summed E-state index contributed by atoms with van der Waals surface area (Å²) in [5.41, 5.74) is 1.01. The third-order valence-electron chi connectivity index (χ3n) is 2.92. The molecule has 3 aromatic rings. The summed E-state index contributed by atoms with van der Waals surface area (Å²) in [4.78, 5) is 4.31. The number of nitriles is 1. The molecule has 102 valence electrons. The van der Waals surface area contributed by atoms with Gasteiger partial charge in [0.2, 0.25) is 5.88 Å². The maximum absolute atomic E-state index is 13.5. The zero-order valence-corrected chi connectivity index (χ0v) is 12.3. The number of aromatic nitrogens is 1. The quantitative estimate of drug-likeness (QED) is 0.671. The Balaban J connectivity index is 2.06. The maximum Gasteiger partial charge on any atom is 0.237 e. The molecule has 3 nitrogen and oxygen atoms in total. The van der Waals surface area contributed by atoms with Crippen LogP contribution in [0.3, 0.4) is 0 Å². The zero-order chi connectivity index (χ0) is 14.8. The Morgan fingerprint density at radius 3 is 2.71 bits per heavy atom. The highest BCUT2D eigenvalue weighted by molar-refractivity contribution is 9.10. The molecule has 0 N–H and O–H groups in total. The van der Waals surface area contributed by atoms with Gasteiger partial charge in [-0.05, 0) is 40.2 Å². The summed E-state index contributed by atoms with van der Waals surface area (Å²) in [7, 11) is 0. The van der Waals surface area contributed by atoms with Crippen LogP contribution in [0.4, 0.5) is 4.39 Å². The van der Waals surface area contributed by atoms with Crippen molar-refractivity contribution in [3.05, 3.63) is 64.4 Å². The van der Waals surface area contributed by atoms with E-state index < -0.39 is 5.82 Å². The van der Waals surface area contributed by atoms with Gasteiger partial charge in [0.1, 0.15) is 23.2 Å². The molecule has 0 radical (unpaired) electrons. The molecule has 0 bridgehead atoms. The number of fused-ring (bicyclic) bond motifs is 1. The highest BCUT2D eigenvalue weighted by Crippen LogP contribution is 2.28. The Kier molecular flexibility index (Phi) is 3.55. The first-order valence-electron chi connectivity index (χ1n) is 6.10. The average Bonchev–Trinajstić information content (AvgIpc) is 2.50. The van der Waals surface area contributed by atoms with Crippen LogP contribution in [0.5, 0.6) is 11.6 Å². The molecule has 3 rings (SSSR count). The molecule has 0 aliphatic heterocycles. The summed E-state index contributed by atoms with van der Waals surface area (Å²) in [6.45, 7) is 0. The molecular formula is C16H8BrFN2O. The average molecular weight is 343 g/mol. The van der Waals surface area contributed by atoms with E-state index in [2.05, 4.69) is 20.9 Å². The highest BCUT2D eigenvalue weighted by Gasteiger charge is 2.10. The van der Waals surface area contributed by atoms with Gasteiger partial charge in [-0.15, -0.1) is 0 Å².